The molecule has 0 fully saturated rings. The lowest BCUT2D eigenvalue weighted by molar-refractivity contribution is -0.122. The fraction of sp³-hybridized carbons (Fsp3) is 0.500. The van der Waals surface area contributed by atoms with Crippen molar-refractivity contribution in [2.75, 3.05) is 139 Å². The summed E-state index contributed by atoms with van der Waals surface area (Å²) >= 11 is 12.4. The van der Waals surface area contributed by atoms with Crippen LogP contribution in [0, 0.1) is 13.8 Å². The summed E-state index contributed by atoms with van der Waals surface area (Å²) in [6, 6.07) is 25.5. The molecule has 6 aromatic rings. The number of hydrogen-bond donors (Lipinski definition) is 2. The zero-order chi connectivity index (χ0) is 64.6. The lowest BCUT2D eigenvalue weighted by Gasteiger charge is -2.14. The van der Waals surface area contributed by atoms with E-state index in [1.807, 2.05) is 129 Å². The summed E-state index contributed by atoms with van der Waals surface area (Å²) in [6.07, 6.45) is 1.72. The van der Waals surface area contributed by atoms with Gasteiger partial charge >= 0.3 is 0 Å². The Hall–Kier alpha value is -6.87. The number of benzene rings is 4. The quantitative estimate of drug-likeness (QED) is 0.0343. The minimum Gasteiger partial charge on any atom is -0.497 e. The molecule has 8 rings (SSSR count). The first kappa shape index (κ1) is 71.6. The van der Waals surface area contributed by atoms with Crippen LogP contribution in [0.4, 0.5) is 0 Å². The van der Waals surface area contributed by atoms with E-state index in [2.05, 4.69) is 31.0 Å². The van der Waals surface area contributed by atoms with Gasteiger partial charge in [0.2, 0.25) is 11.8 Å². The van der Waals surface area contributed by atoms with Gasteiger partial charge in [-0.1, -0.05) is 53.5 Å². The summed E-state index contributed by atoms with van der Waals surface area (Å²) in [6.45, 7) is 19.6. The molecule has 4 heterocycles. The summed E-state index contributed by atoms with van der Waals surface area (Å²) in [7, 11) is 1.62. The highest BCUT2D eigenvalue weighted by Gasteiger charge is 2.32. The van der Waals surface area contributed by atoms with Crippen LogP contribution >= 0.6 is 23.2 Å². The molecular weight excluding hydrogens is 1210 g/mol. The zero-order valence-electron chi connectivity index (χ0n) is 53.1. The van der Waals surface area contributed by atoms with Crippen molar-refractivity contribution in [2.45, 2.75) is 78.8 Å². The van der Waals surface area contributed by atoms with Crippen LogP contribution in [-0.4, -0.2) is 198 Å². The van der Waals surface area contributed by atoms with E-state index in [1.54, 1.807) is 7.11 Å². The predicted molar refractivity (Wildman–Crippen MR) is 346 cm³/mol. The molecule has 0 radical (unpaired) electrons. The molecule has 2 aliphatic heterocycles. The standard InChI is InChI=1S/C38H54ClN5O10.C28H32ClN5O3/c1-4-47-13-14-49-17-18-51-21-22-53-25-26-54-24-23-52-20-19-50-16-15-48-12-11-40-36(45)28-34-38-43-42-29(2)44(38)35-10-9-32(46-3)27-33(35)37(41-34)30-5-7-31(39)8-6-30;1-4-30-26(36)17-24-28-33-32-18(3)34(28)25-13-8-19(15-22(35)7-6-14-37-5-2)16-23(25)27(31-24)20-9-11-21(29)12-10-20/h5-10,27,34H,4,11-26,28H2,1-3H3,(H,40,45);8-13,16,24H,4-7,14-15,17H2,1-3H3,(H,30,36)/t34-;24-/m00/s1. The third-order valence-corrected chi connectivity index (χ3v) is 14.7. The minimum atomic E-state index is -0.587. The SMILES string of the molecule is CCNC(=O)C[C@@H]1N=C(c2ccc(Cl)cc2)c2cc(CC(=O)CCCOCC)ccc2-n2c(C)nnc21.CCOCCOCCOCCOCCOCCOCCOCCOCCNC(=O)C[C@@H]1N=C(c2ccc(Cl)cc2)c2cc(OC)ccc2-n2c(C)nnc21. The van der Waals surface area contributed by atoms with E-state index in [1.165, 1.54) is 0 Å². The number of aliphatic imine (C=N–C) groups is 2. The normalized spacial score (nSPS) is 13.9. The largest absolute Gasteiger partial charge is 0.497 e. The predicted octanol–water partition coefficient (Wildman–Crippen LogP) is 8.36. The summed E-state index contributed by atoms with van der Waals surface area (Å²) in [4.78, 5) is 48.6. The summed E-state index contributed by atoms with van der Waals surface area (Å²) in [5.74, 6) is 3.13. The van der Waals surface area contributed by atoms with Gasteiger partial charge in [0, 0.05) is 78.1 Å². The molecule has 25 heteroatoms. The van der Waals surface area contributed by atoms with Crippen molar-refractivity contribution in [1.82, 2.24) is 40.2 Å². The molecule has 0 saturated heterocycles. The monoisotopic (exact) mass is 1300 g/mol. The Morgan fingerprint density at radius 1 is 0.495 bits per heavy atom. The fourth-order valence-corrected chi connectivity index (χ4v) is 10.1. The number of nitrogens with one attached hydrogen (secondary N) is 2. The van der Waals surface area contributed by atoms with Gasteiger partial charge in [0.1, 0.15) is 35.3 Å². The molecule has 2 aliphatic rings. The molecule has 2 atom stereocenters. The van der Waals surface area contributed by atoms with Crippen molar-refractivity contribution in [1.29, 1.82) is 0 Å². The van der Waals surface area contributed by atoms with Crippen LogP contribution in [0.2, 0.25) is 10.0 Å². The number of rotatable bonds is 40. The summed E-state index contributed by atoms with van der Waals surface area (Å²) in [5.41, 5.74) is 7.44. The van der Waals surface area contributed by atoms with E-state index >= 15 is 0 Å². The number of halogens is 2. The van der Waals surface area contributed by atoms with Gasteiger partial charge in [-0.15, -0.1) is 20.4 Å². The van der Waals surface area contributed by atoms with Crippen molar-refractivity contribution in [3.63, 3.8) is 0 Å². The van der Waals surface area contributed by atoms with Crippen LogP contribution in [0.3, 0.4) is 0 Å². The lowest BCUT2D eigenvalue weighted by atomic mass is 9.96. The maximum Gasteiger partial charge on any atom is 0.222 e. The molecule has 0 bridgehead atoms. The highest BCUT2D eigenvalue weighted by atomic mass is 35.5. The molecule has 0 saturated carbocycles. The molecule has 0 unspecified atom stereocenters. The lowest BCUT2D eigenvalue weighted by Crippen LogP contribution is -2.29. The van der Waals surface area contributed by atoms with Crippen LogP contribution < -0.4 is 15.4 Å². The number of nitrogens with zero attached hydrogens (tertiary/aromatic N) is 8. The van der Waals surface area contributed by atoms with E-state index in [4.69, 9.17) is 80.6 Å². The Labute approximate surface area is 542 Å². The van der Waals surface area contributed by atoms with Gasteiger partial charge in [0.15, 0.2) is 11.6 Å². The van der Waals surface area contributed by atoms with Gasteiger partial charge in [-0.2, -0.15) is 0 Å². The molecule has 0 aliphatic carbocycles. The van der Waals surface area contributed by atoms with Crippen molar-refractivity contribution in [2.24, 2.45) is 9.98 Å². The number of carbonyl (C=O) groups excluding carboxylic acids is 3. The van der Waals surface area contributed by atoms with E-state index in [0.717, 1.165) is 44.9 Å². The molecule has 23 nitrogen and oxygen atoms in total. The number of aryl methyl sites for hydroxylation is 2. The number of hydrogen-bond acceptors (Lipinski definition) is 19. The Morgan fingerprint density at radius 2 is 0.912 bits per heavy atom. The number of aromatic nitrogens is 6. The maximum atomic E-state index is 13.1. The second-order valence-electron chi connectivity index (χ2n) is 20.8. The van der Waals surface area contributed by atoms with Crippen LogP contribution in [0.15, 0.2) is 94.9 Å². The highest BCUT2D eigenvalue weighted by molar-refractivity contribution is 6.31. The average molecular weight is 1300 g/mol. The van der Waals surface area contributed by atoms with E-state index < -0.39 is 12.1 Å². The molecule has 4 aromatic carbocycles. The number of amides is 2. The van der Waals surface area contributed by atoms with Crippen molar-refractivity contribution in [3.8, 4) is 17.1 Å². The Balaban J connectivity index is 0.000000277. The van der Waals surface area contributed by atoms with Crippen molar-refractivity contribution < 1.29 is 61.8 Å². The van der Waals surface area contributed by atoms with Gasteiger partial charge in [0.25, 0.3) is 0 Å². The molecular formula is C66H86Cl2N10O13. The first-order valence-corrected chi connectivity index (χ1v) is 31.8. The van der Waals surface area contributed by atoms with Gasteiger partial charge in [-0.05, 0) is 101 Å². The van der Waals surface area contributed by atoms with Crippen LogP contribution in [-0.2, 0) is 63.4 Å². The molecule has 2 aromatic heterocycles. The second kappa shape index (κ2) is 39.5. The minimum absolute atomic E-state index is 0.0742. The third-order valence-electron chi connectivity index (χ3n) is 14.2. The van der Waals surface area contributed by atoms with Crippen molar-refractivity contribution >= 4 is 52.2 Å². The van der Waals surface area contributed by atoms with Crippen LogP contribution in [0.25, 0.3) is 11.4 Å². The number of Topliss-reactive ketones (excluding diaryl/α,β-unsaturated/α-hetero) is 1. The highest BCUT2D eigenvalue weighted by Crippen LogP contribution is 2.36. The number of ether oxygens (including phenoxy) is 10. The smallest absolute Gasteiger partial charge is 0.222 e. The van der Waals surface area contributed by atoms with Gasteiger partial charge in [-0.25, -0.2) is 0 Å². The third kappa shape index (κ3) is 22.7. The molecule has 2 amide bonds. The summed E-state index contributed by atoms with van der Waals surface area (Å²) in [5, 5.41) is 24.5. The number of carbonyl (C=O) groups is 3. The van der Waals surface area contributed by atoms with E-state index in [-0.39, 0.29) is 30.4 Å². The second-order valence-corrected chi connectivity index (χ2v) is 21.7. The van der Waals surface area contributed by atoms with Crippen LogP contribution in [0.1, 0.15) is 110 Å². The first-order chi connectivity index (χ1) is 44.4. The number of ketones is 1. The Bertz CT molecular complexity index is 3270. The first-order valence-electron chi connectivity index (χ1n) is 31.0. The van der Waals surface area contributed by atoms with E-state index in [0.29, 0.717) is 196 Å². The maximum absolute atomic E-state index is 13.1. The van der Waals surface area contributed by atoms with Crippen LogP contribution in [0.5, 0.6) is 5.75 Å². The molecule has 0 spiro atoms. The molecule has 492 valence electrons. The number of methoxy groups -OCH3 is 1. The van der Waals surface area contributed by atoms with Gasteiger partial charge < -0.3 is 58.0 Å². The van der Waals surface area contributed by atoms with Crippen molar-refractivity contribution in [3.05, 3.63) is 146 Å². The topological polar surface area (TPSA) is 254 Å². The van der Waals surface area contributed by atoms with Gasteiger partial charge in [0.05, 0.1) is 142 Å². The summed E-state index contributed by atoms with van der Waals surface area (Å²) < 4.78 is 58.5. The van der Waals surface area contributed by atoms with E-state index in [9.17, 15) is 14.4 Å². The Kier molecular flexibility index (Phi) is 31.1. The Morgan fingerprint density at radius 3 is 1.36 bits per heavy atom. The fourth-order valence-electron chi connectivity index (χ4n) is 9.88. The zero-order valence-corrected chi connectivity index (χ0v) is 54.6. The number of fused-ring (bicyclic) bond motifs is 6. The van der Waals surface area contributed by atoms with Gasteiger partial charge in [-0.3, -0.25) is 33.5 Å². The average Bonchev–Trinajstić information content (AvgIpc) is 1.65. The molecule has 2 N–H and O–H groups in total. The molecule has 91 heavy (non-hydrogen) atoms.